The number of rotatable bonds is 6. The second kappa shape index (κ2) is 6.91. The van der Waals surface area contributed by atoms with E-state index in [0.29, 0.717) is 10.7 Å². The predicted octanol–water partition coefficient (Wildman–Crippen LogP) is 3.40. The molecule has 0 aliphatic rings. The number of hydrogen-bond donors (Lipinski definition) is 0. The van der Waals surface area contributed by atoms with E-state index in [1.54, 1.807) is 19.2 Å². The molecule has 0 fully saturated rings. The van der Waals surface area contributed by atoms with Gasteiger partial charge in [-0.1, -0.05) is 24.8 Å². The minimum Gasteiger partial charge on any atom is -0.497 e. The Bertz CT molecular complexity index is 591. The van der Waals surface area contributed by atoms with Crippen molar-refractivity contribution in [1.29, 1.82) is 0 Å². The van der Waals surface area contributed by atoms with Crippen LogP contribution >= 0.6 is 0 Å². The lowest BCUT2D eigenvalue weighted by Crippen LogP contribution is -2.05. The van der Waals surface area contributed by atoms with Gasteiger partial charge in [0.05, 0.1) is 22.8 Å². The van der Waals surface area contributed by atoms with Crippen LogP contribution < -0.4 is 9.47 Å². The van der Waals surface area contributed by atoms with Crippen LogP contribution in [0.25, 0.3) is 0 Å². The number of ether oxygens (including phenoxy) is 2. The zero-order chi connectivity index (χ0) is 14.4. The summed E-state index contributed by atoms with van der Waals surface area (Å²) in [6.07, 6.45) is 0. The third-order valence-electron chi connectivity index (χ3n) is 2.68. The van der Waals surface area contributed by atoms with Crippen molar-refractivity contribution in [3.63, 3.8) is 0 Å². The lowest BCUT2D eigenvalue weighted by Gasteiger charge is -2.09. The molecule has 0 bridgehead atoms. The molecular formula is C16H16O3S. The molecule has 3 nitrogen and oxygen atoms in total. The van der Waals surface area contributed by atoms with E-state index in [4.69, 9.17) is 9.47 Å². The molecule has 104 valence electrons. The Kier molecular flexibility index (Phi) is 4.96. The highest BCUT2D eigenvalue weighted by Gasteiger charge is 2.08. The third kappa shape index (κ3) is 3.71. The van der Waals surface area contributed by atoms with E-state index < -0.39 is 10.8 Å². The van der Waals surface area contributed by atoms with E-state index in [-0.39, 0.29) is 6.61 Å². The van der Waals surface area contributed by atoms with Crippen LogP contribution in [0.1, 0.15) is 0 Å². The van der Waals surface area contributed by atoms with Gasteiger partial charge in [-0.05, 0) is 36.4 Å². The summed E-state index contributed by atoms with van der Waals surface area (Å²) in [5.41, 5.74) is 0. The van der Waals surface area contributed by atoms with Gasteiger partial charge in [-0.2, -0.15) is 0 Å². The Morgan fingerprint density at radius 2 is 1.65 bits per heavy atom. The van der Waals surface area contributed by atoms with E-state index in [0.717, 1.165) is 10.6 Å². The first-order chi connectivity index (χ1) is 9.70. The molecule has 0 saturated heterocycles. The number of methoxy groups -OCH3 is 1. The second-order valence-electron chi connectivity index (χ2n) is 4.08. The van der Waals surface area contributed by atoms with Crippen LogP contribution in [0.3, 0.4) is 0 Å². The van der Waals surface area contributed by atoms with Crippen molar-refractivity contribution in [2.24, 2.45) is 0 Å². The van der Waals surface area contributed by atoms with Crippen molar-refractivity contribution >= 4 is 10.8 Å². The minimum atomic E-state index is -1.25. The number of benzene rings is 2. The molecule has 0 aliphatic carbocycles. The van der Waals surface area contributed by atoms with Crippen molar-refractivity contribution in [2.75, 3.05) is 13.7 Å². The molecule has 20 heavy (non-hydrogen) atoms. The Balaban J connectivity index is 1.93. The maximum Gasteiger partial charge on any atom is 0.121 e. The van der Waals surface area contributed by atoms with Crippen molar-refractivity contribution in [2.45, 2.75) is 4.90 Å². The zero-order valence-electron chi connectivity index (χ0n) is 11.2. The lowest BCUT2D eigenvalue weighted by molar-refractivity contribution is 0.357. The molecule has 0 spiro atoms. The van der Waals surface area contributed by atoms with Crippen molar-refractivity contribution in [3.05, 3.63) is 66.1 Å². The van der Waals surface area contributed by atoms with E-state index in [2.05, 4.69) is 6.58 Å². The van der Waals surface area contributed by atoms with Gasteiger partial charge in [-0.15, -0.1) is 0 Å². The van der Waals surface area contributed by atoms with Gasteiger partial charge >= 0.3 is 0 Å². The van der Waals surface area contributed by atoms with Crippen LogP contribution in [0.15, 0.2) is 71.0 Å². The second-order valence-corrected chi connectivity index (χ2v) is 5.67. The predicted molar refractivity (Wildman–Crippen MR) is 80.5 cm³/mol. The smallest absolute Gasteiger partial charge is 0.121 e. The summed E-state index contributed by atoms with van der Waals surface area (Å²) < 4.78 is 22.8. The molecule has 0 heterocycles. The van der Waals surface area contributed by atoms with E-state index >= 15 is 0 Å². The summed E-state index contributed by atoms with van der Waals surface area (Å²) in [6, 6.07) is 16.4. The summed E-state index contributed by atoms with van der Waals surface area (Å²) in [6.45, 7) is 4.05. The average molecular weight is 288 g/mol. The fraction of sp³-hybridized carbons (Fsp3) is 0.125. The van der Waals surface area contributed by atoms with Crippen LogP contribution in [0, 0.1) is 0 Å². The molecule has 0 aromatic heterocycles. The summed E-state index contributed by atoms with van der Waals surface area (Å²) >= 11 is 0. The van der Waals surface area contributed by atoms with E-state index in [1.165, 1.54) is 0 Å². The van der Waals surface area contributed by atoms with Gasteiger partial charge in [0.25, 0.3) is 0 Å². The molecule has 0 saturated carbocycles. The van der Waals surface area contributed by atoms with Gasteiger partial charge in [0.1, 0.15) is 18.1 Å². The molecule has 2 aromatic carbocycles. The molecule has 4 heteroatoms. The summed E-state index contributed by atoms with van der Waals surface area (Å²) in [7, 11) is 0.360. The van der Waals surface area contributed by atoms with Gasteiger partial charge in [-0.25, -0.2) is 4.21 Å². The molecular weight excluding hydrogens is 272 g/mol. The zero-order valence-corrected chi connectivity index (χ0v) is 12.1. The van der Waals surface area contributed by atoms with Crippen LogP contribution in [-0.2, 0) is 10.8 Å². The highest BCUT2D eigenvalue weighted by atomic mass is 32.2. The van der Waals surface area contributed by atoms with Crippen LogP contribution in [0.2, 0.25) is 0 Å². The molecule has 0 radical (unpaired) electrons. The third-order valence-corrected chi connectivity index (χ3v) is 4.02. The maximum atomic E-state index is 12.2. The highest BCUT2D eigenvalue weighted by molar-refractivity contribution is 7.89. The molecule has 0 aliphatic heterocycles. The van der Waals surface area contributed by atoms with Crippen molar-refractivity contribution < 1.29 is 13.7 Å². The SMILES string of the molecule is C=C(COc1ccc(OC)cc1)S(=O)c1ccccc1. The Hall–Kier alpha value is -2.07. The molecule has 0 N–H and O–H groups in total. The molecule has 1 unspecified atom stereocenters. The monoisotopic (exact) mass is 288 g/mol. The quantitative estimate of drug-likeness (QED) is 0.817. The first-order valence-electron chi connectivity index (χ1n) is 6.12. The minimum absolute atomic E-state index is 0.216. The normalized spacial score (nSPS) is 11.7. The fourth-order valence-electron chi connectivity index (χ4n) is 1.60. The number of hydrogen-bond acceptors (Lipinski definition) is 3. The largest absolute Gasteiger partial charge is 0.497 e. The van der Waals surface area contributed by atoms with Crippen molar-refractivity contribution in [3.8, 4) is 11.5 Å². The van der Waals surface area contributed by atoms with Gasteiger partial charge in [0, 0.05) is 4.90 Å². The highest BCUT2D eigenvalue weighted by Crippen LogP contribution is 2.19. The molecule has 0 amide bonds. The molecule has 2 rings (SSSR count). The van der Waals surface area contributed by atoms with E-state index in [1.807, 2.05) is 42.5 Å². The first-order valence-corrected chi connectivity index (χ1v) is 7.27. The van der Waals surface area contributed by atoms with Gasteiger partial charge < -0.3 is 9.47 Å². The lowest BCUT2D eigenvalue weighted by atomic mass is 10.3. The maximum absolute atomic E-state index is 12.2. The van der Waals surface area contributed by atoms with E-state index in [9.17, 15) is 4.21 Å². The first kappa shape index (κ1) is 14.3. The topological polar surface area (TPSA) is 35.5 Å². The van der Waals surface area contributed by atoms with Crippen LogP contribution in [-0.4, -0.2) is 17.9 Å². The van der Waals surface area contributed by atoms with Crippen LogP contribution in [0.5, 0.6) is 11.5 Å². The van der Waals surface area contributed by atoms with Gasteiger partial charge in [0.15, 0.2) is 0 Å². The Labute approximate surface area is 121 Å². The summed E-state index contributed by atoms with van der Waals surface area (Å²) in [5, 5.41) is 0. The van der Waals surface area contributed by atoms with Crippen LogP contribution in [0.4, 0.5) is 0 Å². The molecule has 2 aromatic rings. The van der Waals surface area contributed by atoms with Crippen molar-refractivity contribution in [1.82, 2.24) is 0 Å². The molecule has 1 atom stereocenters. The Morgan fingerprint density at radius 1 is 1.05 bits per heavy atom. The fourth-order valence-corrected chi connectivity index (χ4v) is 2.50. The standard InChI is InChI=1S/C16H16O3S/c1-13(20(17)16-6-4-3-5-7-16)12-19-15-10-8-14(18-2)9-11-15/h3-11H,1,12H2,2H3. The van der Waals surface area contributed by atoms with Gasteiger partial charge in [-0.3, -0.25) is 0 Å². The average Bonchev–Trinajstić information content (AvgIpc) is 2.53. The Morgan fingerprint density at radius 3 is 2.25 bits per heavy atom. The summed E-state index contributed by atoms with van der Waals surface area (Å²) in [5.74, 6) is 1.46. The van der Waals surface area contributed by atoms with Gasteiger partial charge in [0.2, 0.25) is 0 Å². The summed E-state index contributed by atoms with van der Waals surface area (Å²) in [4.78, 5) is 1.27.